The Morgan fingerprint density at radius 3 is 2.70 bits per heavy atom. The normalized spacial score (nSPS) is 10.3. The summed E-state index contributed by atoms with van der Waals surface area (Å²) in [4.78, 5) is 24.4. The SMILES string of the molecule is Cc1cc(NC(=O)c2cnc(NCc3ccccn3)nc2)no1. The third kappa shape index (κ3) is 3.88. The van der Waals surface area contributed by atoms with E-state index in [1.165, 1.54) is 12.4 Å². The summed E-state index contributed by atoms with van der Waals surface area (Å²) in [5.41, 5.74) is 1.20. The summed E-state index contributed by atoms with van der Waals surface area (Å²) in [5, 5.41) is 9.33. The zero-order valence-corrected chi connectivity index (χ0v) is 12.4. The minimum absolute atomic E-state index is 0.328. The standard InChI is InChI=1S/C15H14N6O2/c1-10-6-13(21-23-10)20-14(22)11-7-17-15(18-8-11)19-9-12-4-2-3-5-16-12/h2-8H,9H2,1H3,(H,17,18,19)(H,20,21,22). The number of nitrogens with one attached hydrogen (secondary N) is 2. The Morgan fingerprint density at radius 2 is 2.04 bits per heavy atom. The highest BCUT2D eigenvalue weighted by Crippen LogP contribution is 2.09. The largest absolute Gasteiger partial charge is 0.360 e. The van der Waals surface area contributed by atoms with E-state index in [0.29, 0.717) is 29.6 Å². The van der Waals surface area contributed by atoms with E-state index >= 15 is 0 Å². The number of hydrogen-bond acceptors (Lipinski definition) is 7. The van der Waals surface area contributed by atoms with Crippen LogP contribution in [-0.2, 0) is 6.54 Å². The number of aryl methyl sites for hydroxylation is 1. The summed E-state index contributed by atoms with van der Waals surface area (Å²) in [6.45, 7) is 2.25. The van der Waals surface area contributed by atoms with Crippen molar-refractivity contribution >= 4 is 17.7 Å². The van der Waals surface area contributed by atoms with Gasteiger partial charge in [-0.2, -0.15) is 0 Å². The Hall–Kier alpha value is -3.29. The highest BCUT2D eigenvalue weighted by atomic mass is 16.5. The number of pyridine rings is 1. The zero-order chi connectivity index (χ0) is 16.1. The van der Waals surface area contributed by atoms with Crippen molar-refractivity contribution < 1.29 is 9.32 Å². The third-order valence-corrected chi connectivity index (χ3v) is 2.94. The van der Waals surface area contributed by atoms with E-state index in [9.17, 15) is 4.79 Å². The maximum Gasteiger partial charge on any atom is 0.260 e. The number of nitrogens with zero attached hydrogens (tertiary/aromatic N) is 4. The monoisotopic (exact) mass is 310 g/mol. The smallest absolute Gasteiger partial charge is 0.260 e. The number of carbonyl (C=O) groups is 1. The minimum atomic E-state index is -0.352. The van der Waals surface area contributed by atoms with Crippen LogP contribution in [0.5, 0.6) is 0 Å². The second kappa shape index (κ2) is 6.65. The van der Waals surface area contributed by atoms with Crippen LogP contribution in [0.3, 0.4) is 0 Å². The van der Waals surface area contributed by atoms with E-state index in [1.54, 1.807) is 19.2 Å². The first kappa shape index (κ1) is 14.6. The molecule has 0 bridgehead atoms. The molecule has 3 aromatic heterocycles. The lowest BCUT2D eigenvalue weighted by molar-refractivity contribution is 0.102. The Labute approximate surface area is 132 Å². The predicted molar refractivity (Wildman–Crippen MR) is 82.8 cm³/mol. The molecule has 0 unspecified atom stereocenters. The van der Waals surface area contributed by atoms with Crippen molar-refractivity contribution in [1.82, 2.24) is 20.1 Å². The van der Waals surface area contributed by atoms with Crippen molar-refractivity contribution in [2.75, 3.05) is 10.6 Å². The number of rotatable bonds is 5. The van der Waals surface area contributed by atoms with Crippen LogP contribution >= 0.6 is 0 Å². The van der Waals surface area contributed by atoms with Crippen molar-refractivity contribution in [2.45, 2.75) is 13.5 Å². The molecule has 0 atom stereocenters. The molecule has 3 rings (SSSR count). The van der Waals surface area contributed by atoms with E-state index in [0.717, 1.165) is 5.69 Å². The number of aromatic nitrogens is 4. The predicted octanol–water partition coefficient (Wildman–Crippen LogP) is 2.03. The third-order valence-electron chi connectivity index (χ3n) is 2.94. The molecule has 0 saturated heterocycles. The van der Waals surface area contributed by atoms with E-state index < -0.39 is 0 Å². The second-order valence-corrected chi connectivity index (χ2v) is 4.75. The lowest BCUT2D eigenvalue weighted by Crippen LogP contribution is -2.13. The van der Waals surface area contributed by atoms with Crippen LogP contribution in [0.4, 0.5) is 11.8 Å². The van der Waals surface area contributed by atoms with Crippen LogP contribution in [0.1, 0.15) is 21.8 Å². The molecule has 8 nitrogen and oxygen atoms in total. The van der Waals surface area contributed by atoms with E-state index in [2.05, 4.69) is 30.7 Å². The topological polar surface area (TPSA) is 106 Å². The van der Waals surface area contributed by atoms with Gasteiger partial charge < -0.3 is 15.2 Å². The fourth-order valence-electron chi connectivity index (χ4n) is 1.82. The minimum Gasteiger partial charge on any atom is -0.360 e. The molecule has 0 spiro atoms. The van der Waals surface area contributed by atoms with Gasteiger partial charge in [-0.05, 0) is 19.1 Å². The Morgan fingerprint density at radius 1 is 1.22 bits per heavy atom. The molecule has 0 fully saturated rings. The molecule has 0 aliphatic rings. The number of anilines is 2. The van der Waals surface area contributed by atoms with Crippen LogP contribution in [-0.4, -0.2) is 26.0 Å². The summed E-state index contributed by atoms with van der Waals surface area (Å²) >= 11 is 0. The highest BCUT2D eigenvalue weighted by molar-refractivity contribution is 6.03. The molecule has 0 aliphatic carbocycles. The first-order valence-electron chi connectivity index (χ1n) is 6.91. The number of amides is 1. The molecule has 0 saturated carbocycles. The summed E-state index contributed by atoms with van der Waals surface area (Å²) in [6.07, 6.45) is 4.60. The molecular weight excluding hydrogens is 296 g/mol. The molecule has 116 valence electrons. The summed E-state index contributed by atoms with van der Waals surface area (Å²) in [5.74, 6) is 1.04. The molecule has 0 radical (unpaired) electrons. The summed E-state index contributed by atoms with van der Waals surface area (Å²) in [6, 6.07) is 7.28. The molecule has 23 heavy (non-hydrogen) atoms. The van der Waals surface area contributed by atoms with Crippen molar-refractivity contribution in [3.63, 3.8) is 0 Å². The van der Waals surface area contributed by atoms with Gasteiger partial charge in [-0.25, -0.2) is 9.97 Å². The lowest BCUT2D eigenvalue weighted by Gasteiger charge is -2.05. The molecule has 2 N–H and O–H groups in total. The van der Waals surface area contributed by atoms with Gasteiger partial charge in [0.15, 0.2) is 5.82 Å². The Kier molecular flexibility index (Phi) is 4.23. The molecule has 1 amide bonds. The fourth-order valence-corrected chi connectivity index (χ4v) is 1.82. The van der Waals surface area contributed by atoms with Crippen LogP contribution in [0.15, 0.2) is 47.4 Å². The quantitative estimate of drug-likeness (QED) is 0.742. The Bertz CT molecular complexity index is 785. The second-order valence-electron chi connectivity index (χ2n) is 4.75. The van der Waals surface area contributed by atoms with E-state index in [-0.39, 0.29) is 5.91 Å². The van der Waals surface area contributed by atoms with Gasteiger partial charge in [0.2, 0.25) is 5.95 Å². The van der Waals surface area contributed by atoms with Gasteiger partial charge in [0.25, 0.3) is 5.91 Å². The maximum atomic E-state index is 12.0. The first-order valence-corrected chi connectivity index (χ1v) is 6.91. The van der Waals surface area contributed by atoms with Crippen molar-refractivity contribution in [3.8, 4) is 0 Å². The van der Waals surface area contributed by atoms with Gasteiger partial charge in [-0.3, -0.25) is 9.78 Å². The van der Waals surface area contributed by atoms with Crippen LogP contribution in [0.25, 0.3) is 0 Å². The summed E-state index contributed by atoms with van der Waals surface area (Å²) in [7, 11) is 0. The van der Waals surface area contributed by atoms with Crippen LogP contribution in [0, 0.1) is 6.92 Å². The highest BCUT2D eigenvalue weighted by Gasteiger charge is 2.10. The Balaban J connectivity index is 1.59. The van der Waals surface area contributed by atoms with Crippen molar-refractivity contribution in [3.05, 3.63) is 59.9 Å². The van der Waals surface area contributed by atoms with Gasteiger partial charge >= 0.3 is 0 Å². The van der Waals surface area contributed by atoms with Crippen LogP contribution in [0.2, 0.25) is 0 Å². The first-order chi connectivity index (χ1) is 11.2. The van der Waals surface area contributed by atoms with Crippen molar-refractivity contribution in [1.29, 1.82) is 0 Å². The molecule has 8 heteroatoms. The maximum absolute atomic E-state index is 12.0. The number of hydrogen-bond donors (Lipinski definition) is 2. The number of carbonyl (C=O) groups excluding carboxylic acids is 1. The average Bonchev–Trinajstić information content (AvgIpc) is 2.99. The van der Waals surface area contributed by atoms with Gasteiger partial charge in [0.05, 0.1) is 17.8 Å². The average molecular weight is 310 g/mol. The van der Waals surface area contributed by atoms with E-state index in [1.807, 2.05) is 18.2 Å². The van der Waals surface area contributed by atoms with Gasteiger partial charge in [0, 0.05) is 24.7 Å². The van der Waals surface area contributed by atoms with Crippen molar-refractivity contribution in [2.24, 2.45) is 0 Å². The molecular formula is C15H14N6O2. The molecule has 3 heterocycles. The molecule has 0 aromatic carbocycles. The zero-order valence-electron chi connectivity index (χ0n) is 12.4. The molecule has 3 aromatic rings. The van der Waals surface area contributed by atoms with Gasteiger partial charge in [-0.15, -0.1) is 0 Å². The van der Waals surface area contributed by atoms with E-state index in [4.69, 9.17) is 4.52 Å². The molecule has 0 aliphatic heterocycles. The van der Waals surface area contributed by atoms with Gasteiger partial charge in [-0.1, -0.05) is 11.2 Å². The fraction of sp³-hybridized carbons (Fsp3) is 0.133. The van der Waals surface area contributed by atoms with Crippen LogP contribution < -0.4 is 10.6 Å². The van der Waals surface area contributed by atoms with Gasteiger partial charge in [0.1, 0.15) is 5.76 Å². The lowest BCUT2D eigenvalue weighted by atomic mass is 10.3. The summed E-state index contributed by atoms with van der Waals surface area (Å²) < 4.78 is 4.88.